The summed E-state index contributed by atoms with van der Waals surface area (Å²) in [6.45, 7) is 7.48. The van der Waals surface area contributed by atoms with Crippen molar-refractivity contribution in [3.63, 3.8) is 0 Å². The molecule has 0 aromatic heterocycles. The number of halogens is 1. The van der Waals surface area contributed by atoms with Crippen LogP contribution >= 0.6 is 0 Å². The molecular weight excluding hydrogens is 263 g/mol. The normalized spacial score (nSPS) is 26.1. The molecular formula is C18H27FN2. The Bertz CT molecular complexity index is 494. The fourth-order valence-electron chi connectivity index (χ4n) is 3.96. The molecule has 1 aromatic rings. The summed E-state index contributed by atoms with van der Waals surface area (Å²) < 4.78 is 13.5. The summed E-state index contributed by atoms with van der Waals surface area (Å²) in [4.78, 5) is 2.56. The van der Waals surface area contributed by atoms with Crippen LogP contribution in [0.15, 0.2) is 18.2 Å². The second-order valence-electron chi connectivity index (χ2n) is 7.03. The Hall–Kier alpha value is -0.930. The topological polar surface area (TPSA) is 15.3 Å². The lowest BCUT2D eigenvalue weighted by Crippen LogP contribution is -2.50. The van der Waals surface area contributed by atoms with Gasteiger partial charge in [0.1, 0.15) is 5.82 Å². The average Bonchev–Trinajstić information content (AvgIpc) is 2.84. The van der Waals surface area contributed by atoms with Crippen molar-refractivity contribution in [2.75, 3.05) is 13.1 Å². The molecule has 1 aromatic carbocycles. The van der Waals surface area contributed by atoms with E-state index in [4.69, 9.17) is 0 Å². The summed E-state index contributed by atoms with van der Waals surface area (Å²) in [5, 5.41) is 3.81. The van der Waals surface area contributed by atoms with Crippen LogP contribution in [0.4, 0.5) is 4.39 Å². The highest BCUT2D eigenvalue weighted by Crippen LogP contribution is 2.33. The van der Waals surface area contributed by atoms with Crippen molar-refractivity contribution in [2.45, 2.75) is 64.1 Å². The van der Waals surface area contributed by atoms with Gasteiger partial charge >= 0.3 is 0 Å². The molecule has 1 aliphatic carbocycles. The minimum atomic E-state index is -0.119. The van der Waals surface area contributed by atoms with E-state index in [1.54, 1.807) is 12.1 Å². The molecule has 0 radical (unpaired) electrons. The minimum absolute atomic E-state index is 0.119. The Morgan fingerprint density at radius 1 is 1.33 bits per heavy atom. The van der Waals surface area contributed by atoms with Crippen LogP contribution < -0.4 is 5.32 Å². The number of nitrogens with one attached hydrogen (secondary N) is 1. The molecule has 1 N–H and O–H groups in total. The van der Waals surface area contributed by atoms with E-state index < -0.39 is 0 Å². The van der Waals surface area contributed by atoms with Crippen molar-refractivity contribution in [1.82, 2.24) is 10.2 Å². The molecule has 116 valence electrons. The van der Waals surface area contributed by atoms with E-state index >= 15 is 0 Å². The van der Waals surface area contributed by atoms with Crippen LogP contribution in [0, 0.1) is 12.7 Å². The summed E-state index contributed by atoms with van der Waals surface area (Å²) in [5.41, 5.74) is 2.64. The summed E-state index contributed by atoms with van der Waals surface area (Å²) in [6, 6.07) is 5.73. The van der Waals surface area contributed by atoms with E-state index in [9.17, 15) is 4.39 Å². The molecule has 2 aliphatic rings. The van der Waals surface area contributed by atoms with Crippen LogP contribution in [0.3, 0.4) is 0 Å². The lowest BCUT2D eigenvalue weighted by atomic mass is 9.96. The SMILES string of the molecule is Cc1ccc(F)cc1CN1CC2(CCCC2)NCCC1C. The molecule has 1 saturated carbocycles. The Balaban J connectivity index is 1.79. The van der Waals surface area contributed by atoms with E-state index in [0.29, 0.717) is 11.6 Å². The van der Waals surface area contributed by atoms with Gasteiger partial charge in [0.25, 0.3) is 0 Å². The predicted molar refractivity (Wildman–Crippen MR) is 84.8 cm³/mol. The molecule has 0 amide bonds. The van der Waals surface area contributed by atoms with Crippen LogP contribution in [0.5, 0.6) is 0 Å². The third-order valence-corrected chi connectivity index (χ3v) is 5.44. The monoisotopic (exact) mass is 290 g/mol. The van der Waals surface area contributed by atoms with Crippen LogP contribution in [-0.4, -0.2) is 29.6 Å². The van der Waals surface area contributed by atoms with Crippen molar-refractivity contribution in [3.8, 4) is 0 Å². The third-order valence-electron chi connectivity index (χ3n) is 5.44. The van der Waals surface area contributed by atoms with E-state index in [-0.39, 0.29) is 5.82 Å². The molecule has 1 unspecified atom stereocenters. The number of nitrogens with zero attached hydrogens (tertiary/aromatic N) is 1. The van der Waals surface area contributed by atoms with Gasteiger partial charge < -0.3 is 5.32 Å². The van der Waals surface area contributed by atoms with Gasteiger partial charge in [-0.15, -0.1) is 0 Å². The van der Waals surface area contributed by atoms with Gasteiger partial charge in [0.2, 0.25) is 0 Å². The first kappa shape index (κ1) is 15.0. The van der Waals surface area contributed by atoms with Gasteiger partial charge in [-0.1, -0.05) is 18.9 Å². The summed E-state index contributed by atoms with van der Waals surface area (Å²) in [6.07, 6.45) is 6.44. The fraction of sp³-hybridized carbons (Fsp3) is 0.667. The number of hydrogen-bond donors (Lipinski definition) is 1. The van der Waals surface area contributed by atoms with Gasteiger partial charge in [0, 0.05) is 24.7 Å². The fourth-order valence-corrected chi connectivity index (χ4v) is 3.96. The Morgan fingerprint density at radius 2 is 2.10 bits per heavy atom. The zero-order chi connectivity index (χ0) is 14.9. The Kier molecular flexibility index (Phi) is 4.32. The first-order valence-electron chi connectivity index (χ1n) is 8.32. The maximum Gasteiger partial charge on any atom is 0.123 e. The summed E-state index contributed by atoms with van der Waals surface area (Å²) in [5.74, 6) is -0.119. The zero-order valence-electron chi connectivity index (χ0n) is 13.3. The molecule has 2 nitrogen and oxygen atoms in total. The maximum atomic E-state index is 13.5. The first-order chi connectivity index (χ1) is 10.1. The number of aryl methyl sites for hydroxylation is 1. The van der Waals surface area contributed by atoms with Crippen LogP contribution in [0.25, 0.3) is 0 Å². The summed E-state index contributed by atoms with van der Waals surface area (Å²) >= 11 is 0. The standard InChI is InChI=1S/C18H27FN2/c1-14-5-6-17(19)11-16(14)12-21-13-18(8-3-4-9-18)20-10-7-15(21)2/h5-6,11,15,20H,3-4,7-10,12-13H2,1-2H3. The van der Waals surface area contributed by atoms with Crippen LogP contribution in [0.1, 0.15) is 50.2 Å². The van der Waals surface area contributed by atoms with Crippen LogP contribution in [0.2, 0.25) is 0 Å². The van der Waals surface area contributed by atoms with Crippen molar-refractivity contribution in [1.29, 1.82) is 0 Å². The highest BCUT2D eigenvalue weighted by atomic mass is 19.1. The van der Waals surface area contributed by atoms with Gasteiger partial charge in [-0.05, 0) is 62.9 Å². The quantitative estimate of drug-likeness (QED) is 0.895. The molecule has 3 rings (SSSR count). The third kappa shape index (κ3) is 3.29. The van der Waals surface area contributed by atoms with Gasteiger partial charge in [-0.3, -0.25) is 4.90 Å². The molecule has 1 saturated heterocycles. The molecule has 0 bridgehead atoms. The lowest BCUT2D eigenvalue weighted by Gasteiger charge is -2.35. The van der Waals surface area contributed by atoms with Gasteiger partial charge in [-0.2, -0.15) is 0 Å². The molecule has 21 heavy (non-hydrogen) atoms. The van der Waals surface area contributed by atoms with E-state index in [2.05, 4.69) is 24.1 Å². The number of hydrogen-bond acceptors (Lipinski definition) is 2. The summed E-state index contributed by atoms with van der Waals surface area (Å²) in [7, 11) is 0. The van der Waals surface area contributed by atoms with Gasteiger partial charge in [0.15, 0.2) is 0 Å². The van der Waals surface area contributed by atoms with E-state index in [1.807, 2.05) is 6.07 Å². The number of rotatable bonds is 2. The minimum Gasteiger partial charge on any atom is -0.310 e. The molecule has 1 atom stereocenters. The smallest absolute Gasteiger partial charge is 0.123 e. The van der Waals surface area contributed by atoms with Crippen LogP contribution in [-0.2, 0) is 6.54 Å². The highest BCUT2D eigenvalue weighted by Gasteiger charge is 2.38. The van der Waals surface area contributed by atoms with Crippen molar-refractivity contribution in [2.24, 2.45) is 0 Å². The average molecular weight is 290 g/mol. The van der Waals surface area contributed by atoms with Crippen molar-refractivity contribution in [3.05, 3.63) is 35.1 Å². The van der Waals surface area contributed by atoms with Gasteiger partial charge in [-0.25, -0.2) is 4.39 Å². The molecule has 1 spiro atoms. The second kappa shape index (κ2) is 6.05. The largest absolute Gasteiger partial charge is 0.310 e. The van der Waals surface area contributed by atoms with E-state index in [0.717, 1.165) is 25.2 Å². The highest BCUT2D eigenvalue weighted by molar-refractivity contribution is 5.26. The van der Waals surface area contributed by atoms with Crippen molar-refractivity contribution < 1.29 is 4.39 Å². The van der Waals surface area contributed by atoms with Crippen molar-refractivity contribution >= 4 is 0 Å². The maximum absolute atomic E-state index is 13.5. The molecule has 3 heteroatoms. The molecule has 1 aliphatic heterocycles. The zero-order valence-corrected chi connectivity index (χ0v) is 13.3. The Labute approximate surface area is 127 Å². The second-order valence-corrected chi connectivity index (χ2v) is 7.03. The molecule has 1 heterocycles. The Morgan fingerprint density at radius 3 is 2.86 bits per heavy atom. The van der Waals surface area contributed by atoms with E-state index in [1.165, 1.54) is 37.7 Å². The lowest BCUT2D eigenvalue weighted by molar-refractivity contribution is 0.160. The number of benzene rings is 1. The molecule has 2 fully saturated rings. The van der Waals surface area contributed by atoms with Gasteiger partial charge in [0.05, 0.1) is 0 Å². The predicted octanol–water partition coefficient (Wildman–Crippen LogP) is 3.63. The first-order valence-corrected chi connectivity index (χ1v) is 8.32.